The maximum Gasteiger partial charge on any atom is 0.255 e. The minimum Gasteiger partial charge on any atom is -0.322 e. The van der Waals surface area contributed by atoms with Gasteiger partial charge < -0.3 is 5.32 Å². The van der Waals surface area contributed by atoms with Crippen LogP contribution in [0.4, 0.5) is 10.1 Å². The Morgan fingerprint density at radius 1 is 1.23 bits per heavy atom. The molecule has 0 spiro atoms. The summed E-state index contributed by atoms with van der Waals surface area (Å²) in [6.07, 6.45) is 5.37. The van der Waals surface area contributed by atoms with E-state index in [-0.39, 0.29) is 22.0 Å². The Hall–Kier alpha value is -2.65. The topological polar surface area (TPSA) is 63.2 Å². The molecule has 0 atom stereocenters. The summed E-state index contributed by atoms with van der Waals surface area (Å²) in [4.78, 5) is 12.4. The predicted octanol–water partition coefficient (Wildman–Crippen LogP) is 3.82. The normalized spacial score (nSPS) is 11.7. The summed E-state index contributed by atoms with van der Waals surface area (Å²) in [5, 5.41) is 2.63. The van der Waals surface area contributed by atoms with Crippen LogP contribution in [-0.4, -0.2) is 20.1 Å². The maximum atomic E-state index is 13.3. The molecule has 0 bridgehead atoms. The van der Waals surface area contributed by atoms with Gasteiger partial charge in [0.2, 0.25) is 0 Å². The molecule has 0 unspecified atom stereocenters. The number of anilines is 1. The van der Waals surface area contributed by atoms with Gasteiger partial charge in [0.25, 0.3) is 5.91 Å². The first-order chi connectivity index (χ1) is 12.0. The molecule has 0 aromatic heterocycles. The van der Waals surface area contributed by atoms with Crippen LogP contribution in [0, 0.1) is 30.5 Å². The number of nitrogens with one attached hydrogen (secondary N) is 1. The molecule has 0 aliphatic carbocycles. The molecule has 0 aliphatic rings. The van der Waals surface area contributed by atoms with E-state index in [2.05, 4.69) is 11.2 Å². The van der Waals surface area contributed by atoms with Crippen molar-refractivity contribution in [3.63, 3.8) is 0 Å². The molecule has 136 valence electrons. The van der Waals surface area contributed by atoms with Crippen molar-refractivity contribution in [3.05, 3.63) is 59.4 Å². The molecule has 26 heavy (non-hydrogen) atoms. The van der Waals surface area contributed by atoms with Gasteiger partial charge in [-0.25, -0.2) is 12.8 Å². The standard InChI is InChI=1S/C20H20FNO3S/c1-5-20(3,4)13-26(24,25)17-8-6-7-15(12-17)19(23)22-16-9-10-18(21)14(2)11-16/h1,6-12H,13H2,2-4H3,(H,22,23). The van der Waals surface area contributed by atoms with Crippen LogP contribution in [0.25, 0.3) is 0 Å². The number of hydrogen-bond donors (Lipinski definition) is 1. The molecule has 6 heteroatoms. The van der Waals surface area contributed by atoms with E-state index in [0.717, 1.165) is 0 Å². The van der Waals surface area contributed by atoms with Gasteiger partial charge in [-0.2, -0.15) is 0 Å². The fourth-order valence-electron chi connectivity index (χ4n) is 2.36. The van der Waals surface area contributed by atoms with Gasteiger partial charge in [0, 0.05) is 16.7 Å². The third kappa shape index (κ3) is 4.70. The van der Waals surface area contributed by atoms with E-state index < -0.39 is 21.2 Å². The molecule has 0 aliphatic heterocycles. The van der Waals surface area contributed by atoms with Crippen LogP contribution in [0.2, 0.25) is 0 Å². The Morgan fingerprint density at radius 2 is 1.92 bits per heavy atom. The number of benzene rings is 2. The van der Waals surface area contributed by atoms with Crippen LogP contribution in [-0.2, 0) is 9.84 Å². The highest BCUT2D eigenvalue weighted by Gasteiger charge is 2.26. The molecular weight excluding hydrogens is 353 g/mol. The highest BCUT2D eigenvalue weighted by Crippen LogP contribution is 2.23. The summed E-state index contributed by atoms with van der Waals surface area (Å²) in [5.41, 5.74) is 0.195. The van der Waals surface area contributed by atoms with Gasteiger partial charge in [0.05, 0.1) is 10.6 Å². The first kappa shape index (κ1) is 19.7. The van der Waals surface area contributed by atoms with Gasteiger partial charge in [0.1, 0.15) is 5.82 Å². The summed E-state index contributed by atoms with van der Waals surface area (Å²) in [6.45, 7) is 4.92. The zero-order valence-electron chi connectivity index (χ0n) is 14.8. The lowest BCUT2D eigenvalue weighted by molar-refractivity contribution is 0.102. The fraction of sp³-hybridized carbons (Fsp3) is 0.250. The quantitative estimate of drug-likeness (QED) is 0.811. The minimum absolute atomic E-state index is 0.0313. The molecule has 4 nitrogen and oxygen atoms in total. The third-order valence-corrected chi connectivity index (χ3v) is 5.89. The van der Waals surface area contributed by atoms with Crippen LogP contribution in [0.5, 0.6) is 0 Å². The molecule has 1 amide bonds. The first-order valence-electron chi connectivity index (χ1n) is 7.92. The average Bonchev–Trinajstić information content (AvgIpc) is 2.57. The first-order valence-corrected chi connectivity index (χ1v) is 9.57. The van der Waals surface area contributed by atoms with Crippen LogP contribution in [0.15, 0.2) is 47.4 Å². The van der Waals surface area contributed by atoms with Crippen LogP contribution in [0.1, 0.15) is 29.8 Å². The zero-order chi connectivity index (χ0) is 19.5. The fourth-order valence-corrected chi connectivity index (χ4v) is 4.15. The van der Waals surface area contributed by atoms with Crippen molar-refractivity contribution < 1.29 is 17.6 Å². The molecular formula is C20H20FNO3S. The predicted molar refractivity (Wildman–Crippen MR) is 100 cm³/mol. The Kier molecular flexibility index (Phi) is 5.53. The second-order valence-corrected chi connectivity index (χ2v) is 8.72. The Morgan fingerprint density at radius 3 is 2.54 bits per heavy atom. The molecule has 0 saturated carbocycles. The van der Waals surface area contributed by atoms with E-state index in [9.17, 15) is 17.6 Å². The highest BCUT2D eigenvalue weighted by molar-refractivity contribution is 7.91. The maximum absolute atomic E-state index is 13.3. The largest absolute Gasteiger partial charge is 0.322 e. The molecule has 0 fully saturated rings. The van der Waals surface area contributed by atoms with Crippen molar-refractivity contribution in [3.8, 4) is 12.3 Å². The molecule has 0 radical (unpaired) electrons. The van der Waals surface area contributed by atoms with E-state index >= 15 is 0 Å². The minimum atomic E-state index is -3.64. The van der Waals surface area contributed by atoms with Crippen molar-refractivity contribution in [1.82, 2.24) is 0 Å². The lowest BCUT2D eigenvalue weighted by Crippen LogP contribution is -2.23. The van der Waals surface area contributed by atoms with Crippen molar-refractivity contribution in [2.75, 3.05) is 11.1 Å². The summed E-state index contributed by atoms with van der Waals surface area (Å²) >= 11 is 0. The number of aryl methyl sites for hydroxylation is 1. The van der Waals surface area contributed by atoms with E-state index in [1.807, 2.05) is 0 Å². The van der Waals surface area contributed by atoms with Gasteiger partial charge in [-0.05, 0) is 62.7 Å². The lowest BCUT2D eigenvalue weighted by atomic mass is 9.98. The summed E-state index contributed by atoms with van der Waals surface area (Å²) in [7, 11) is -3.64. The number of rotatable bonds is 5. The van der Waals surface area contributed by atoms with Crippen molar-refractivity contribution in [1.29, 1.82) is 0 Å². The number of halogens is 1. The number of amides is 1. The van der Waals surface area contributed by atoms with Crippen molar-refractivity contribution in [2.24, 2.45) is 5.41 Å². The van der Waals surface area contributed by atoms with Crippen LogP contribution >= 0.6 is 0 Å². The zero-order valence-corrected chi connectivity index (χ0v) is 15.7. The summed E-state index contributed by atoms with van der Waals surface area (Å²) in [6, 6.07) is 9.96. The lowest BCUT2D eigenvalue weighted by Gasteiger charge is -2.17. The van der Waals surface area contributed by atoms with E-state index in [4.69, 9.17) is 6.42 Å². The van der Waals surface area contributed by atoms with Crippen molar-refractivity contribution >= 4 is 21.4 Å². The second-order valence-electron chi connectivity index (χ2n) is 6.73. The van der Waals surface area contributed by atoms with E-state index in [1.54, 1.807) is 20.8 Å². The van der Waals surface area contributed by atoms with Gasteiger partial charge >= 0.3 is 0 Å². The number of terminal acetylenes is 1. The third-order valence-electron chi connectivity index (χ3n) is 3.81. The van der Waals surface area contributed by atoms with Crippen LogP contribution in [0.3, 0.4) is 0 Å². The van der Waals surface area contributed by atoms with Gasteiger partial charge in [-0.1, -0.05) is 12.0 Å². The van der Waals surface area contributed by atoms with Gasteiger partial charge in [-0.3, -0.25) is 4.79 Å². The second kappa shape index (κ2) is 7.30. The molecule has 2 aromatic carbocycles. The Balaban J connectivity index is 2.27. The number of carbonyl (C=O) groups is 1. The summed E-state index contributed by atoms with van der Waals surface area (Å²) < 4.78 is 38.4. The Bertz CT molecular complexity index is 988. The monoisotopic (exact) mass is 373 g/mol. The van der Waals surface area contributed by atoms with Crippen molar-refractivity contribution in [2.45, 2.75) is 25.7 Å². The van der Waals surface area contributed by atoms with Crippen LogP contribution < -0.4 is 5.32 Å². The molecule has 2 rings (SSSR count). The van der Waals surface area contributed by atoms with E-state index in [1.165, 1.54) is 42.5 Å². The number of sulfone groups is 1. The summed E-state index contributed by atoms with van der Waals surface area (Å²) in [5.74, 6) is 1.38. The number of hydrogen-bond acceptors (Lipinski definition) is 3. The SMILES string of the molecule is C#CC(C)(C)CS(=O)(=O)c1cccc(C(=O)Nc2ccc(F)c(C)c2)c1. The van der Waals surface area contributed by atoms with E-state index in [0.29, 0.717) is 11.3 Å². The molecule has 0 heterocycles. The Labute approximate surface area is 153 Å². The molecule has 1 N–H and O–H groups in total. The van der Waals surface area contributed by atoms with Gasteiger partial charge in [-0.15, -0.1) is 6.42 Å². The molecule has 2 aromatic rings. The average molecular weight is 373 g/mol. The molecule has 0 saturated heterocycles. The highest BCUT2D eigenvalue weighted by atomic mass is 32.2. The van der Waals surface area contributed by atoms with Gasteiger partial charge in [0.15, 0.2) is 9.84 Å². The number of carbonyl (C=O) groups excluding carboxylic acids is 1. The smallest absolute Gasteiger partial charge is 0.255 e.